The normalized spacial score (nSPS) is 11.5. The largest absolute Gasteiger partial charge is 0.478 e. The van der Waals surface area contributed by atoms with Crippen molar-refractivity contribution in [2.45, 2.75) is 40.0 Å². The van der Waals surface area contributed by atoms with Gasteiger partial charge in [-0.3, -0.25) is 4.98 Å². The Morgan fingerprint density at radius 3 is 2.29 bits per heavy atom. The second-order valence-corrected chi connectivity index (χ2v) is 6.47. The first-order valence-corrected chi connectivity index (χ1v) is 7.02. The highest BCUT2D eigenvalue weighted by molar-refractivity contribution is 5.89. The molecule has 0 atom stereocenters. The van der Waals surface area contributed by atoms with Gasteiger partial charge in [-0.2, -0.15) is 0 Å². The fraction of sp³-hybridized carbons (Fsp3) is 0.333. The van der Waals surface area contributed by atoms with Gasteiger partial charge in [0.1, 0.15) is 0 Å². The van der Waals surface area contributed by atoms with Crippen LogP contribution in [0.25, 0.3) is 11.3 Å². The van der Waals surface area contributed by atoms with Crippen molar-refractivity contribution in [2.24, 2.45) is 0 Å². The van der Waals surface area contributed by atoms with Crippen LogP contribution in [0, 0.1) is 13.8 Å². The van der Waals surface area contributed by atoms with Gasteiger partial charge >= 0.3 is 5.97 Å². The third-order valence-electron chi connectivity index (χ3n) is 3.49. The van der Waals surface area contributed by atoms with Crippen molar-refractivity contribution in [1.82, 2.24) is 4.98 Å². The molecule has 0 unspecified atom stereocenters. The number of aryl methyl sites for hydroxylation is 2. The maximum atomic E-state index is 11.4. The van der Waals surface area contributed by atoms with Gasteiger partial charge in [-0.1, -0.05) is 44.5 Å². The standard InChI is InChI=1S/C18H21NO2/c1-11-6-7-13(12(2)10-11)15-9-8-14(17(20)21)16(19-15)18(3,4)5/h6-10H,1-5H3,(H,20,21). The van der Waals surface area contributed by atoms with Crippen LogP contribution in [0.1, 0.15) is 48.0 Å². The topological polar surface area (TPSA) is 50.2 Å². The molecule has 1 aromatic carbocycles. The monoisotopic (exact) mass is 283 g/mol. The minimum absolute atomic E-state index is 0.274. The van der Waals surface area contributed by atoms with Crippen LogP contribution in [-0.2, 0) is 5.41 Å². The molecule has 0 amide bonds. The summed E-state index contributed by atoms with van der Waals surface area (Å²) < 4.78 is 0. The minimum Gasteiger partial charge on any atom is -0.478 e. The highest BCUT2D eigenvalue weighted by Crippen LogP contribution is 2.29. The van der Waals surface area contributed by atoms with Crippen LogP contribution in [0.3, 0.4) is 0 Å². The van der Waals surface area contributed by atoms with Crippen LogP contribution in [-0.4, -0.2) is 16.1 Å². The summed E-state index contributed by atoms with van der Waals surface area (Å²) in [6, 6.07) is 9.64. The molecule has 110 valence electrons. The van der Waals surface area contributed by atoms with E-state index in [0.29, 0.717) is 5.69 Å². The smallest absolute Gasteiger partial charge is 0.337 e. The van der Waals surface area contributed by atoms with Gasteiger partial charge in [0.2, 0.25) is 0 Å². The number of nitrogens with zero attached hydrogens (tertiary/aromatic N) is 1. The molecule has 1 N–H and O–H groups in total. The molecular formula is C18H21NO2. The summed E-state index contributed by atoms with van der Waals surface area (Å²) in [5, 5.41) is 9.34. The van der Waals surface area contributed by atoms with E-state index < -0.39 is 5.97 Å². The molecule has 1 aromatic heterocycles. The number of carbonyl (C=O) groups is 1. The first-order chi connectivity index (χ1) is 9.70. The average molecular weight is 283 g/mol. The lowest BCUT2D eigenvalue weighted by Gasteiger charge is -2.21. The molecule has 2 aromatic rings. The van der Waals surface area contributed by atoms with E-state index in [1.54, 1.807) is 12.1 Å². The van der Waals surface area contributed by atoms with E-state index in [0.717, 1.165) is 16.8 Å². The highest BCUT2D eigenvalue weighted by atomic mass is 16.4. The predicted octanol–water partition coefficient (Wildman–Crippen LogP) is 4.36. The summed E-state index contributed by atoms with van der Waals surface area (Å²) in [7, 11) is 0. The maximum Gasteiger partial charge on any atom is 0.337 e. The Morgan fingerprint density at radius 1 is 1.10 bits per heavy atom. The molecule has 3 nitrogen and oxygen atoms in total. The van der Waals surface area contributed by atoms with Crippen molar-refractivity contribution in [3.05, 3.63) is 52.7 Å². The first-order valence-electron chi connectivity index (χ1n) is 7.02. The predicted molar refractivity (Wildman–Crippen MR) is 84.8 cm³/mol. The number of hydrogen-bond acceptors (Lipinski definition) is 2. The lowest BCUT2D eigenvalue weighted by molar-refractivity contribution is 0.0693. The summed E-state index contributed by atoms with van der Waals surface area (Å²) in [6.45, 7) is 10.0. The zero-order chi connectivity index (χ0) is 15.8. The van der Waals surface area contributed by atoms with Crippen LogP contribution in [0.2, 0.25) is 0 Å². The summed E-state index contributed by atoms with van der Waals surface area (Å²) in [6.07, 6.45) is 0. The average Bonchev–Trinajstić information content (AvgIpc) is 2.37. The summed E-state index contributed by atoms with van der Waals surface area (Å²) in [5.41, 5.74) is 4.79. The fourth-order valence-corrected chi connectivity index (χ4v) is 2.45. The molecule has 0 aliphatic heterocycles. The Labute approximate surface area is 125 Å². The van der Waals surface area contributed by atoms with Gasteiger partial charge in [-0.15, -0.1) is 0 Å². The Hall–Kier alpha value is -2.16. The molecule has 0 fully saturated rings. The number of carboxylic acids is 1. The van der Waals surface area contributed by atoms with Crippen LogP contribution in [0.5, 0.6) is 0 Å². The molecular weight excluding hydrogens is 262 g/mol. The third-order valence-corrected chi connectivity index (χ3v) is 3.49. The van der Waals surface area contributed by atoms with E-state index in [-0.39, 0.29) is 11.0 Å². The molecule has 21 heavy (non-hydrogen) atoms. The van der Waals surface area contributed by atoms with E-state index in [9.17, 15) is 9.90 Å². The van der Waals surface area contributed by atoms with Crippen molar-refractivity contribution in [3.8, 4) is 11.3 Å². The van der Waals surface area contributed by atoms with E-state index in [4.69, 9.17) is 0 Å². The number of rotatable bonds is 2. The molecule has 1 heterocycles. The van der Waals surface area contributed by atoms with Gasteiger partial charge in [-0.25, -0.2) is 4.79 Å². The molecule has 0 aliphatic carbocycles. The SMILES string of the molecule is Cc1ccc(-c2ccc(C(=O)O)c(C(C)(C)C)n2)c(C)c1. The summed E-state index contributed by atoms with van der Waals surface area (Å²) >= 11 is 0. The molecule has 3 heteroatoms. The fourth-order valence-electron chi connectivity index (χ4n) is 2.45. The molecule has 0 saturated carbocycles. The van der Waals surface area contributed by atoms with Crippen molar-refractivity contribution in [3.63, 3.8) is 0 Å². The third kappa shape index (κ3) is 3.13. The molecule has 0 spiro atoms. The first kappa shape index (κ1) is 15.2. The lowest BCUT2D eigenvalue weighted by Crippen LogP contribution is -2.19. The molecule has 0 aliphatic rings. The van der Waals surface area contributed by atoms with E-state index >= 15 is 0 Å². The Kier molecular flexibility index (Phi) is 3.86. The zero-order valence-corrected chi connectivity index (χ0v) is 13.2. The van der Waals surface area contributed by atoms with Crippen LogP contribution in [0.15, 0.2) is 30.3 Å². The van der Waals surface area contributed by atoms with Gasteiger partial charge in [0.25, 0.3) is 0 Å². The number of aromatic nitrogens is 1. The Bertz CT molecular complexity index is 697. The van der Waals surface area contributed by atoms with E-state index in [1.807, 2.05) is 39.8 Å². The number of pyridine rings is 1. The van der Waals surface area contributed by atoms with Gasteiger partial charge in [0, 0.05) is 11.0 Å². The highest BCUT2D eigenvalue weighted by Gasteiger charge is 2.24. The van der Waals surface area contributed by atoms with Crippen molar-refractivity contribution >= 4 is 5.97 Å². The van der Waals surface area contributed by atoms with E-state index in [2.05, 4.69) is 18.0 Å². The molecule has 0 radical (unpaired) electrons. The van der Waals surface area contributed by atoms with Crippen molar-refractivity contribution < 1.29 is 9.90 Å². The Balaban J connectivity index is 2.64. The number of benzene rings is 1. The van der Waals surface area contributed by atoms with Crippen molar-refractivity contribution in [1.29, 1.82) is 0 Å². The van der Waals surface area contributed by atoms with E-state index in [1.165, 1.54) is 5.56 Å². The quantitative estimate of drug-likeness (QED) is 0.890. The Morgan fingerprint density at radius 2 is 1.76 bits per heavy atom. The summed E-state index contributed by atoms with van der Waals surface area (Å²) in [4.78, 5) is 16.0. The van der Waals surface area contributed by atoms with Gasteiger partial charge in [0.05, 0.1) is 17.0 Å². The van der Waals surface area contributed by atoms with Crippen molar-refractivity contribution in [2.75, 3.05) is 0 Å². The summed E-state index contributed by atoms with van der Waals surface area (Å²) in [5.74, 6) is -0.931. The number of aromatic carboxylic acids is 1. The maximum absolute atomic E-state index is 11.4. The second kappa shape index (κ2) is 5.32. The molecule has 0 bridgehead atoms. The minimum atomic E-state index is -0.931. The lowest BCUT2D eigenvalue weighted by atomic mass is 9.87. The van der Waals surface area contributed by atoms with Gasteiger partial charge in [-0.05, 0) is 31.5 Å². The molecule has 2 rings (SSSR count). The zero-order valence-electron chi connectivity index (χ0n) is 13.2. The van der Waals surface area contributed by atoms with Crippen LogP contribution >= 0.6 is 0 Å². The van der Waals surface area contributed by atoms with Gasteiger partial charge in [0.15, 0.2) is 0 Å². The van der Waals surface area contributed by atoms with Crippen LogP contribution < -0.4 is 0 Å². The number of carboxylic acid groups (broad SMARTS) is 1. The van der Waals surface area contributed by atoms with Gasteiger partial charge < -0.3 is 5.11 Å². The second-order valence-electron chi connectivity index (χ2n) is 6.47. The van der Waals surface area contributed by atoms with Crippen LogP contribution in [0.4, 0.5) is 0 Å². The molecule has 0 saturated heterocycles. The number of hydrogen-bond donors (Lipinski definition) is 1.